The Morgan fingerprint density at radius 1 is 1.24 bits per heavy atom. The molecule has 0 aliphatic heterocycles. The van der Waals surface area contributed by atoms with Crippen LogP contribution in [0.15, 0.2) is 36.5 Å². The summed E-state index contributed by atoms with van der Waals surface area (Å²) in [6, 6.07) is 9.31. The number of pyridine rings is 1. The first-order chi connectivity index (χ1) is 10.0. The molecular weight excluding hydrogens is 270 g/mol. The molecule has 0 spiro atoms. The number of rotatable bonds is 3. The Morgan fingerprint density at radius 3 is 2.81 bits per heavy atom. The third-order valence-corrected chi connectivity index (χ3v) is 3.41. The van der Waals surface area contributed by atoms with Gasteiger partial charge in [-0.15, -0.1) is 5.10 Å². The van der Waals surface area contributed by atoms with E-state index in [1.54, 1.807) is 20.0 Å². The molecule has 0 aliphatic rings. The fourth-order valence-corrected chi connectivity index (χ4v) is 2.12. The Labute approximate surface area is 120 Å². The van der Waals surface area contributed by atoms with Crippen LogP contribution in [-0.2, 0) is 10.3 Å². The van der Waals surface area contributed by atoms with Gasteiger partial charge in [0.25, 0.3) is 0 Å². The first-order valence-electron chi connectivity index (χ1n) is 6.38. The molecule has 0 atom stereocenters. The van der Waals surface area contributed by atoms with E-state index in [2.05, 4.69) is 20.5 Å². The zero-order chi connectivity index (χ0) is 15.0. The summed E-state index contributed by atoms with van der Waals surface area (Å²) in [7, 11) is 0. The number of tetrazole rings is 1. The molecule has 0 saturated heterocycles. The topological polar surface area (TPSA) is 93.8 Å². The van der Waals surface area contributed by atoms with Gasteiger partial charge < -0.3 is 5.11 Å². The van der Waals surface area contributed by atoms with Crippen molar-refractivity contribution >= 4 is 16.9 Å². The molecule has 0 saturated carbocycles. The van der Waals surface area contributed by atoms with E-state index in [-0.39, 0.29) is 0 Å². The first kappa shape index (κ1) is 13.2. The third-order valence-electron chi connectivity index (χ3n) is 3.41. The lowest BCUT2D eigenvalue weighted by molar-refractivity contribution is -0.146. The van der Waals surface area contributed by atoms with Crippen LogP contribution < -0.4 is 0 Å². The zero-order valence-corrected chi connectivity index (χ0v) is 11.6. The van der Waals surface area contributed by atoms with Crippen molar-refractivity contribution in [3.05, 3.63) is 36.5 Å². The molecule has 0 amide bonds. The van der Waals surface area contributed by atoms with E-state index in [4.69, 9.17) is 0 Å². The number of hydrogen-bond acceptors (Lipinski definition) is 5. The second-order valence-corrected chi connectivity index (χ2v) is 5.15. The number of carboxylic acids is 1. The monoisotopic (exact) mass is 283 g/mol. The third kappa shape index (κ3) is 2.03. The molecule has 1 N–H and O–H groups in total. The molecule has 3 rings (SSSR count). The van der Waals surface area contributed by atoms with Crippen molar-refractivity contribution in [1.82, 2.24) is 25.2 Å². The molecule has 7 heteroatoms. The van der Waals surface area contributed by atoms with Gasteiger partial charge in [-0.05, 0) is 36.4 Å². The van der Waals surface area contributed by atoms with Gasteiger partial charge in [0.15, 0.2) is 11.4 Å². The number of carbonyl (C=O) groups is 1. The second kappa shape index (κ2) is 4.62. The number of aliphatic carboxylic acids is 1. The molecular formula is C14H13N5O2. The predicted octanol–water partition coefficient (Wildman–Crippen LogP) is 1.71. The molecule has 0 fully saturated rings. The largest absolute Gasteiger partial charge is 0.479 e. The minimum Gasteiger partial charge on any atom is -0.479 e. The number of hydrogen-bond donors (Lipinski definition) is 1. The quantitative estimate of drug-likeness (QED) is 0.786. The summed E-state index contributed by atoms with van der Waals surface area (Å²) in [5.74, 6) is -0.601. The van der Waals surface area contributed by atoms with Crippen LogP contribution in [0.5, 0.6) is 0 Å². The van der Waals surface area contributed by atoms with Gasteiger partial charge in [-0.1, -0.05) is 18.2 Å². The molecule has 0 bridgehead atoms. The van der Waals surface area contributed by atoms with Gasteiger partial charge in [0.05, 0.1) is 5.52 Å². The normalized spacial score (nSPS) is 11.7. The van der Waals surface area contributed by atoms with Gasteiger partial charge in [-0.2, -0.15) is 0 Å². The maximum absolute atomic E-state index is 11.4. The highest BCUT2D eigenvalue weighted by molar-refractivity contribution is 5.93. The summed E-state index contributed by atoms with van der Waals surface area (Å²) >= 11 is 0. The average Bonchev–Trinajstić information content (AvgIpc) is 2.96. The Kier molecular flexibility index (Phi) is 2.90. The van der Waals surface area contributed by atoms with Crippen LogP contribution in [-0.4, -0.2) is 36.3 Å². The highest BCUT2D eigenvalue weighted by atomic mass is 16.4. The van der Waals surface area contributed by atoms with Crippen LogP contribution in [0, 0.1) is 0 Å². The van der Waals surface area contributed by atoms with E-state index in [1.807, 2.05) is 30.3 Å². The number of aromatic nitrogens is 5. The van der Waals surface area contributed by atoms with E-state index in [9.17, 15) is 9.90 Å². The van der Waals surface area contributed by atoms with E-state index in [0.717, 1.165) is 16.5 Å². The molecule has 0 aliphatic carbocycles. The van der Waals surface area contributed by atoms with Crippen LogP contribution in [0.2, 0.25) is 0 Å². The van der Waals surface area contributed by atoms with Crippen LogP contribution in [0.25, 0.3) is 22.3 Å². The number of benzene rings is 1. The van der Waals surface area contributed by atoms with Gasteiger partial charge in [-0.3, -0.25) is 4.98 Å². The Bertz CT molecular complexity index is 820. The van der Waals surface area contributed by atoms with Crippen LogP contribution in [0.3, 0.4) is 0 Å². The molecule has 0 unspecified atom stereocenters. The number of nitrogens with zero attached hydrogens (tertiary/aromatic N) is 5. The van der Waals surface area contributed by atoms with Crippen LogP contribution in [0.4, 0.5) is 0 Å². The molecule has 106 valence electrons. The highest BCUT2D eigenvalue weighted by Crippen LogP contribution is 2.28. The van der Waals surface area contributed by atoms with E-state index in [1.165, 1.54) is 4.68 Å². The van der Waals surface area contributed by atoms with Crippen molar-refractivity contribution in [1.29, 1.82) is 0 Å². The lowest BCUT2D eigenvalue weighted by atomic mass is 10.0. The van der Waals surface area contributed by atoms with Crippen molar-refractivity contribution in [3.63, 3.8) is 0 Å². The molecule has 2 aromatic heterocycles. The standard InChI is InChI=1S/C14H13N5O2/c1-14(2,13(20)21)19-12(16-17-18-19)10-5-3-7-11-9(10)6-4-8-15-11/h3-8H,1-2H3,(H,20,21). The summed E-state index contributed by atoms with van der Waals surface area (Å²) in [5.41, 5.74) is 0.307. The minimum atomic E-state index is -1.25. The summed E-state index contributed by atoms with van der Waals surface area (Å²) in [4.78, 5) is 15.7. The summed E-state index contributed by atoms with van der Waals surface area (Å²) < 4.78 is 1.32. The van der Waals surface area contributed by atoms with Crippen LogP contribution in [0.1, 0.15) is 13.8 Å². The zero-order valence-electron chi connectivity index (χ0n) is 11.6. The van der Waals surface area contributed by atoms with Gasteiger partial charge in [0.1, 0.15) is 0 Å². The molecule has 1 aromatic carbocycles. The number of carboxylic acid groups (broad SMARTS) is 1. The first-order valence-corrected chi connectivity index (χ1v) is 6.38. The van der Waals surface area contributed by atoms with Crippen molar-refractivity contribution in [2.75, 3.05) is 0 Å². The summed E-state index contributed by atoms with van der Waals surface area (Å²) in [6.07, 6.45) is 1.70. The SMILES string of the molecule is CC(C)(C(=O)O)n1nnnc1-c1cccc2ncccc12. The van der Waals surface area contributed by atoms with Crippen LogP contribution >= 0.6 is 0 Å². The maximum Gasteiger partial charge on any atom is 0.331 e. The molecule has 3 aromatic rings. The molecule has 2 heterocycles. The second-order valence-electron chi connectivity index (χ2n) is 5.15. The van der Waals surface area contributed by atoms with E-state index < -0.39 is 11.5 Å². The van der Waals surface area contributed by atoms with Crippen molar-refractivity contribution in [3.8, 4) is 11.4 Å². The summed E-state index contributed by atoms with van der Waals surface area (Å²) in [6.45, 7) is 3.11. The van der Waals surface area contributed by atoms with E-state index >= 15 is 0 Å². The Balaban J connectivity index is 2.26. The summed E-state index contributed by atoms with van der Waals surface area (Å²) in [5, 5.41) is 21.7. The van der Waals surface area contributed by atoms with Crippen molar-refractivity contribution in [2.45, 2.75) is 19.4 Å². The average molecular weight is 283 g/mol. The molecule has 7 nitrogen and oxygen atoms in total. The fraction of sp³-hybridized carbons (Fsp3) is 0.214. The lowest BCUT2D eigenvalue weighted by Crippen LogP contribution is -2.37. The van der Waals surface area contributed by atoms with Crippen molar-refractivity contribution in [2.24, 2.45) is 0 Å². The Hall–Kier alpha value is -2.83. The maximum atomic E-state index is 11.4. The van der Waals surface area contributed by atoms with Gasteiger partial charge in [0.2, 0.25) is 0 Å². The number of fused-ring (bicyclic) bond motifs is 1. The lowest BCUT2D eigenvalue weighted by Gasteiger charge is -2.20. The smallest absolute Gasteiger partial charge is 0.331 e. The molecule has 0 radical (unpaired) electrons. The van der Waals surface area contributed by atoms with Gasteiger partial charge >= 0.3 is 5.97 Å². The highest BCUT2D eigenvalue weighted by Gasteiger charge is 2.34. The van der Waals surface area contributed by atoms with Gasteiger partial charge in [0, 0.05) is 17.1 Å². The van der Waals surface area contributed by atoms with Gasteiger partial charge in [-0.25, -0.2) is 9.48 Å². The predicted molar refractivity (Wildman–Crippen MR) is 75.5 cm³/mol. The van der Waals surface area contributed by atoms with Crippen molar-refractivity contribution < 1.29 is 9.90 Å². The molecule has 21 heavy (non-hydrogen) atoms. The fourth-order valence-electron chi connectivity index (χ4n) is 2.12. The Morgan fingerprint density at radius 2 is 2.05 bits per heavy atom. The van der Waals surface area contributed by atoms with E-state index in [0.29, 0.717) is 5.82 Å². The minimum absolute atomic E-state index is 0.404.